The van der Waals surface area contributed by atoms with Crippen molar-refractivity contribution in [3.8, 4) is 0 Å². The average Bonchev–Trinajstić information content (AvgIpc) is 3.82. The largest absolute Gasteiger partial charge is 0.495 e. The number of anilines is 2. The van der Waals surface area contributed by atoms with E-state index in [1.54, 1.807) is 35.1 Å². The molecule has 0 radical (unpaired) electrons. The molecule has 2 saturated heterocycles. The van der Waals surface area contributed by atoms with Gasteiger partial charge in [0.25, 0.3) is 11.8 Å². The smallest absolute Gasteiger partial charge is 0.399 e. The molecule has 2 amide bonds. The van der Waals surface area contributed by atoms with Gasteiger partial charge in [0.1, 0.15) is 0 Å². The number of nitrogens with zero attached hydrogens (tertiary/aromatic N) is 3. The van der Waals surface area contributed by atoms with Crippen molar-refractivity contribution in [2.24, 2.45) is 0 Å². The van der Waals surface area contributed by atoms with E-state index in [0.29, 0.717) is 10.0 Å². The van der Waals surface area contributed by atoms with Crippen LogP contribution in [-0.2, 0) is 18.6 Å². The Morgan fingerprint density at radius 1 is 0.694 bits per heavy atom. The molecule has 0 unspecified atom stereocenters. The van der Waals surface area contributed by atoms with E-state index in [4.69, 9.17) is 18.6 Å². The van der Waals surface area contributed by atoms with Crippen molar-refractivity contribution < 1.29 is 28.2 Å². The molecule has 4 heterocycles. The molecular weight excluding hydrogens is 658 g/mol. The monoisotopic (exact) mass is 702 g/mol. The summed E-state index contributed by atoms with van der Waals surface area (Å²) in [6.45, 7) is 20.2. The molecule has 2 aliphatic heterocycles. The summed E-state index contributed by atoms with van der Waals surface area (Å²) in [5, 5.41) is 7.41. The van der Waals surface area contributed by atoms with Gasteiger partial charge in [0.05, 0.1) is 22.4 Å². The van der Waals surface area contributed by atoms with Gasteiger partial charge < -0.3 is 28.8 Å². The molecule has 258 valence electrons. The third kappa shape index (κ3) is 7.40. The standard InChI is InChI=1S/C18H23BN2O3S.C17H21BN2O3S/c1-12-13(19-23-17(2,3)18(4,5)24-19)8-7-9-14(12)21(6)16(22)15-20-10-11-25-15;1-11-12(18-22-16(2,3)17(4,5)23-18)7-6-8-13(11)20-14(21)15-19-9-10-24-15/h7-11H,1-6H3;6-10H,1-5H3,(H,20,21). The zero-order valence-corrected chi connectivity index (χ0v) is 31.7. The van der Waals surface area contributed by atoms with E-state index in [1.165, 1.54) is 22.7 Å². The number of aromatic nitrogens is 2. The van der Waals surface area contributed by atoms with Crippen LogP contribution in [0.3, 0.4) is 0 Å². The van der Waals surface area contributed by atoms with Crippen molar-refractivity contribution in [3.05, 3.63) is 80.7 Å². The second kappa shape index (κ2) is 13.7. The number of benzene rings is 2. The van der Waals surface area contributed by atoms with Crippen LogP contribution in [-0.4, -0.2) is 65.5 Å². The van der Waals surface area contributed by atoms with Gasteiger partial charge in [0.15, 0.2) is 10.0 Å². The number of nitrogens with one attached hydrogen (secondary N) is 1. The number of hydrogen-bond acceptors (Lipinski definition) is 10. The highest BCUT2D eigenvalue weighted by Crippen LogP contribution is 2.38. The highest BCUT2D eigenvalue weighted by Gasteiger charge is 2.53. The van der Waals surface area contributed by atoms with Crippen molar-refractivity contribution in [1.82, 2.24) is 9.97 Å². The van der Waals surface area contributed by atoms with Gasteiger partial charge in [-0.05, 0) is 103 Å². The molecule has 2 fully saturated rings. The Hall–Kier alpha value is -3.39. The van der Waals surface area contributed by atoms with Crippen molar-refractivity contribution in [2.75, 3.05) is 17.3 Å². The molecule has 2 aromatic heterocycles. The fourth-order valence-corrected chi connectivity index (χ4v) is 6.48. The quantitative estimate of drug-likeness (QED) is 0.243. The molecule has 0 saturated carbocycles. The second-order valence-corrected chi connectivity index (χ2v) is 16.0. The van der Waals surface area contributed by atoms with Gasteiger partial charge >= 0.3 is 14.2 Å². The number of rotatable bonds is 6. The van der Waals surface area contributed by atoms with Crippen molar-refractivity contribution in [2.45, 2.75) is 91.6 Å². The van der Waals surface area contributed by atoms with Crippen LogP contribution in [0.4, 0.5) is 11.4 Å². The molecule has 6 rings (SSSR count). The number of hydrogen-bond donors (Lipinski definition) is 1. The maximum Gasteiger partial charge on any atom is 0.495 e. The molecule has 0 spiro atoms. The van der Waals surface area contributed by atoms with Gasteiger partial charge in [0, 0.05) is 41.6 Å². The Bertz CT molecular complexity index is 1780. The summed E-state index contributed by atoms with van der Waals surface area (Å²) in [7, 11) is 0.861. The SMILES string of the molecule is Cc1c(B2OC(C)(C)C(C)(C)O2)cccc1N(C)C(=O)c1nccs1.Cc1c(NC(=O)c2nccs2)cccc1B1OC(C)(C)C(C)(C)O1. The Kier molecular flexibility index (Phi) is 10.3. The highest BCUT2D eigenvalue weighted by molar-refractivity contribution is 7.12. The fraction of sp³-hybridized carbons (Fsp3) is 0.429. The summed E-state index contributed by atoms with van der Waals surface area (Å²) in [6, 6.07) is 11.6. The Morgan fingerprint density at radius 3 is 1.61 bits per heavy atom. The first-order valence-corrected chi connectivity index (χ1v) is 17.9. The van der Waals surface area contributed by atoms with Gasteiger partial charge in [-0.15, -0.1) is 22.7 Å². The number of carbonyl (C=O) groups is 2. The van der Waals surface area contributed by atoms with Gasteiger partial charge in [-0.25, -0.2) is 9.97 Å². The number of carbonyl (C=O) groups excluding carboxylic acids is 2. The van der Waals surface area contributed by atoms with Crippen LogP contribution < -0.4 is 21.1 Å². The van der Waals surface area contributed by atoms with Crippen LogP contribution >= 0.6 is 22.7 Å². The number of amides is 2. The summed E-state index contributed by atoms with van der Waals surface area (Å²) in [5.74, 6) is -0.330. The van der Waals surface area contributed by atoms with Crippen LogP contribution in [0.1, 0.15) is 86.1 Å². The molecule has 0 aliphatic carbocycles. The first-order chi connectivity index (χ1) is 22.8. The lowest BCUT2D eigenvalue weighted by atomic mass is 9.75. The van der Waals surface area contributed by atoms with E-state index in [-0.39, 0.29) is 11.8 Å². The Balaban J connectivity index is 0.000000191. The summed E-state index contributed by atoms with van der Waals surface area (Å²) in [4.78, 5) is 34.6. The minimum Gasteiger partial charge on any atom is -0.399 e. The van der Waals surface area contributed by atoms with Gasteiger partial charge in [0.2, 0.25) is 0 Å². The Morgan fingerprint density at radius 2 is 1.14 bits per heavy atom. The van der Waals surface area contributed by atoms with Crippen LogP contribution in [0.5, 0.6) is 0 Å². The third-order valence-corrected chi connectivity index (χ3v) is 11.4. The number of thiazole rings is 2. The lowest BCUT2D eigenvalue weighted by Crippen LogP contribution is -2.41. The highest BCUT2D eigenvalue weighted by atomic mass is 32.1. The molecular formula is C35H44B2N4O6S2. The van der Waals surface area contributed by atoms with Gasteiger partial charge in [-0.1, -0.05) is 24.3 Å². The lowest BCUT2D eigenvalue weighted by Gasteiger charge is -2.32. The Labute approximate surface area is 297 Å². The van der Waals surface area contributed by atoms with Crippen LogP contribution in [0, 0.1) is 13.8 Å². The summed E-state index contributed by atoms with van der Waals surface area (Å²) < 4.78 is 24.6. The van der Waals surface area contributed by atoms with Crippen LogP contribution in [0.25, 0.3) is 0 Å². The second-order valence-electron chi connectivity index (χ2n) is 14.2. The summed E-state index contributed by atoms with van der Waals surface area (Å²) in [5.41, 5.74) is 3.73. The van der Waals surface area contributed by atoms with Crippen molar-refractivity contribution >= 4 is 71.0 Å². The molecule has 1 N–H and O–H groups in total. The molecule has 0 bridgehead atoms. The summed E-state index contributed by atoms with van der Waals surface area (Å²) in [6.07, 6.45) is 3.26. The maximum atomic E-state index is 12.6. The van der Waals surface area contributed by atoms with Crippen molar-refractivity contribution in [1.29, 1.82) is 0 Å². The summed E-state index contributed by atoms with van der Waals surface area (Å²) >= 11 is 2.65. The molecule has 2 aromatic carbocycles. The van der Waals surface area contributed by atoms with E-state index >= 15 is 0 Å². The molecule has 14 heteroatoms. The maximum absolute atomic E-state index is 12.6. The van der Waals surface area contributed by atoms with E-state index < -0.39 is 36.6 Å². The van der Waals surface area contributed by atoms with Crippen LogP contribution in [0.15, 0.2) is 59.6 Å². The van der Waals surface area contributed by atoms with E-state index in [2.05, 4.69) is 15.3 Å². The third-order valence-electron chi connectivity index (χ3n) is 9.89. The average molecular weight is 703 g/mol. The van der Waals surface area contributed by atoms with E-state index in [1.807, 2.05) is 106 Å². The molecule has 2 aliphatic rings. The molecule has 0 atom stereocenters. The van der Waals surface area contributed by atoms with E-state index in [9.17, 15) is 9.59 Å². The first-order valence-electron chi connectivity index (χ1n) is 16.1. The van der Waals surface area contributed by atoms with Gasteiger partial charge in [-0.3, -0.25) is 9.59 Å². The fourth-order valence-electron chi connectivity index (χ4n) is 5.34. The predicted octanol–water partition coefficient (Wildman–Crippen LogP) is 6.03. The van der Waals surface area contributed by atoms with E-state index in [0.717, 1.165) is 33.4 Å². The molecule has 10 nitrogen and oxygen atoms in total. The lowest BCUT2D eigenvalue weighted by molar-refractivity contribution is 0.00578. The zero-order valence-electron chi connectivity index (χ0n) is 30.0. The zero-order chi connectivity index (χ0) is 35.9. The normalized spacial score (nSPS) is 18.5. The topological polar surface area (TPSA) is 112 Å². The first kappa shape index (κ1) is 36.9. The molecule has 4 aromatic rings. The minimum atomic E-state index is -0.452. The van der Waals surface area contributed by atoms with Gasteiger partial charge in [-0.2, -0.15) is 0 Å². The van der Waals surface area contributed by atoms with Crippen LogP contribution in [0.2, 0.25) is 0 Å². The minimum absolute atomic E-state index is 0.121. The van der Waals surface area contributed by atoms with Crippen molar-refractivity contribution in [3.63, 3.8) is 0 Å². The predicted molar refractivity (Wildman–Crippen MR) is 199 cm³/mol. The molecule has 49 heavy (non-hydrogen) atoms.